The summed E-state index contributed by atoms with van der Waals surface area (Å²) in [6.45, 7) is 7.14. The molecule has 0 atom stereocenters. The van der Waals surface area contributed by atoms with Gasteiger partial charge in [-0.15, -0.1) is 12.4 Å². The Bertz CT molecular complexity index is 686. The predicted molar refractivity (Wildman–Crippen MR) is 110 cm³/mol. The number of hydrogen-bond donors (Lipinski definition) is 0. The maximum absolute atomic E-state index is 12.7. The fourth-order valence-corrected chi connectivity index (χ4v) is 3.09. The number of pyridine rings is 1. The van der Waals surface area contributed by atoms with Gasteiger partial charge >= 0.3 is 0 Å². The van der Waals surface area contributed by atoms with E-state index in [0.29, 0.717) is 6.61 Å². The summed E-state index contributed by atoms with van der Waals surface area (Å²) in [7, 11) is 0. The van der Waals surface area contributed by atoms with Gasteiger partial charge in [-0.05, 0) is 42.8 Å². The quantitative estimate of drug-likeness (QED) is 0.729. The molecule has 3 rings (SSSR count). The second kappa shape index (κ2) is 10.9. The SMILES string of the molecule is CCCOc1ccc(C(=O)N2CCN(CCc3ccccn3)CC2)cc1.Cl. The van der Waals surface area contributed by atoms with Crippen LogP contribution in [0.5, 0.6) is 5.75 Å². The van der Waals surface area contributed by atoms with E-state index in [1.165, 1.54) is 0 Å². The molecule has 27 heavy (non-hydrogen) atoms. The van der Waals surface area contributed by atoms with Crippen LogP contribution >= 0.6 is 12.4 Å². The first kappa shape index (κ1) is 21.2. The molecule has 2 aromatic rings. The van der Waals surface area contributed by atoms with Gasteiger partial charge in [0.25, 0.3) is 5.91 Å². The summed E-state index contributed by atoms with van der Waals surface area (Å²) in [5.41, 5.74) is 1.85. The molecule has 0 bridgehead atoms. The summed E-state index contributed by atoms with van der Waals surface area (Å²) in [5, 5.41) is 0. The maximum atomic E-state index is 12.7. The highest BCUT2D eigenvalue weighted by Crippen LogP contribution is 2.15. The lowest BCUT2D eigenvalue weighted by Crippen LogP contribution is -2.49. The van der Waals surface area contributed by atoms with E-state index in [1.54, 1.807) is 0 Å². The van der Waals surface area contributed by atoms with Crippen LogP contribution in [0, 0.1) is 0 Å². The van der Waals surface area contributed by atoms with Gasteiger partial charge in [-0.3, -0.25) is 14.7 Å². The molecular formula is C21H28ClN3O2. The van der Waals surface area contributed by atoms with Gasteiger partial charge in [0.1, 0.15) is 5.75 Å². The number of ether oxygens (including phenoxy) is 1. The van der Waals surface area contributed by atoms with Crippen LogP contribution in [0.4, 0.5) is 0 Å². The Hall–Kier alpha value is -2.11. The van der Waals surface area contributed by atoms with Gasteiger partial charge in [0.05, 0.1) is 6.61 Å². The third kappa shape index (κ3) is 6.22. The van der Waals surface area contributed by atoms with E-state index in [4.69, 9.17) is 4.74 Å². The van der Waals surface area contributed by atoms with Crippen LogP contribution in [-0.4, -0.2) is 60.0 Å². The molecule has 5 nitrogen and oxygen atoms in total. The topological polar surface area (TPSA) is 45.7 Å². The minimum atomic E-state index is 0. The standard InChI is InChI=1S/C21H27N3O2.ClH/c1-2-17-26-20-8-6-18(7-9-20)21(25)24-15-13-23(14-16-24)12-10-19-5-3-4-11-22-19;/h3-9,11H,2,10,12-17H2,1H3;1H. The van der Waals surface area contributed by atoms with Gasteiger partial charge in [-0.2, -0.15) is 0 Å². The van der Waals surface area contributed by atoms with Crippen LogP contribution in [0.2, 0.25) is 0 Å². The first-order valence-corrected chi connectivity index (χ1v) is 9.40. The van der Waals surface area contributed by atoms with Crippen molar-refractivity contribution in [2.45, 2.75) is 19.8 Å². The van der Waals surface area contributed by atoms with Crippen molar-refractivity contribution in [3.63, 3.8) is 0 Å². The lowest BCUT2D eigenvalue weighted by atomic mass is 10.1. The second-order valence-corrected chi connectivity index (χ2v) is 6.58. The van der Waals surface area contributed by atoms with Gasteiger partial charge in [0.2, 0.25) is 0 Å². The molecule has 1 aromatic carbocycles. The summed E-state index contributed by atoms with van der Waals surface area (Å²) >= 11 is 0. The molecule has 1 saturated heterocycles. The van der Waals surface area contributed by atoms with Crippen LogP contribution in [0.15, 0.2) is 48.7 Å². The molecule has 6 heteroatoms. The third-order valence-corrected chi connectivity index (χ3v) is 4.64. The zero-order valence-corrected chi connectivity index (χ0v) is 16.7. The Morgan fingerprint density at radius 3 is 2.44 bits per heavy atom. The summed E-state index contributed by atoms with van der Waals surface area (Å²) in [6, 6.07) is 13.5. The molecule has 1 aliphatic heterocycles. The summed E-state index contributed by atoms with van der Waals surface area (Å²) in [4.78, 5) is 21.4. The molecule has 1 aliphatic rings. The minimum absolute atomic E-state index is 0. The van der Waals surface area contributed by atoms with Crippen LogP contribution in [0.1, 0.15) is 29.4 Å². The summed E-state index contributed by atoms with van der Waals surface area (Å²) < 4.78 is 5.58. The molecular weight excluding hydrogens is 362 g/mol. The number of rotatable bonds is 7. The highest BCUT2D eigenvalue weighted by atomic mass is 35.5. The van der Waals surface area contributed by atoms with Crippen molar-refractivity contribution >= 4 is 18.3 Å². The Morgan fingerprint density at radius 2 is 1.81 bits per heavy atom. The molecule has 1 aromatic heterocycles. The number of hydrogen-bond acceptors (Lipinski definition) is 4. The van der Waals surface area contributed by atoms with E-state index in [0.717, 1.165) is 62.6 Å². The Balaban J connectivity index is 0.00000261. The number of aromatic nitrogens is 1. The first-order valence-electron chi connectivity index (χ1n) is 9.40. The molecule has 0 saturated carbocycles. The van der Waals surface area contributed by atoms with E-state index in [9.17, 15) is 4.79 Å². The number of benzene rings is 1. The van der Waals surface area contributed by atoms with E-state index in [1.807, 2.05) is 47.5 Å². The van der Waals surface area contributed by atoms with Gasteiger partial charge in [0, 0.05) is 56.6 Å². The van der Waals surface area contributed by atoms with Gasteiger partial charge < -0.3 is 9.64 Å². The first-order chi connectivity index (χ1) is 12.8. The molecule has 0 spiro atoms. The lowest BCUT2D eigenvalue weighted by molar-refractivity contribution is 0.0638. The number of halogens is 1. The van der Waals surface area contributed by atoms with E-state index >= 15 is 0 Å². The second-order valence-electron chi connectivity index (χ2n) is 6.58. The van der Waals surface area contributed by atoms with Crippen molar-refractivity contribution in [1.29, 1.82) is 0 Å². The maximum Gasteiger partial charge on any atom is 0.253 e. The Morgan fingerprint density at radius 1 is 1.07 bits per heavy atom. The Kier molecular flexibility index (Phi) is 8.55. The fourth-order valence-electron chi connectivity index (χ4n) is 3.09. The number of carbonyl (C=O) groups excluding carboxylic acids is 1. The number of nitrogens with zero attached hydrogens (tertiary/aromatic N) is 3. The van der Waals surface area contributed by atoms with Crippen LogP contribution in [-0.2, 0) is 6.42 Å². The van der Waals surface area contributed by atoms with E-state index in [-0.39, 0.29) is 18.3 Å². The molecule has 0 radical (unpaired) electrons. The highest BCUT2D eigenvalue weighted by molar-refractivity contribution is 5.94. The molecule has 0 N–H and O–H groups in total. The monoisotopic (exact) mass is 389 g/mol. The predicted octanol–water partition coefficient (Wildman–Crippen LogP) is 3.29. The number of carbonyl (C=O) groups is 1. The summed E-state index contributed by atoms with van der Waals surface area (Å²) in [5.74, 6) is 0.930. The fraction of sp³-hybridized carbons (Fsp3) is 0.429. The zero-order chi connectivity index (χ0) is 18.2. The zero-order valence-electron chi connectivity index (χ0n) is 15.8. The van der Waals surface area contributed by atoms with Gasteiger partial charge in [-0.25, -0.2) is 0 Å². The van der Waals surface area contributed by atoms with Crippen LogP contribution < -0.4 is 4.74 Å². The van der Waals surface area contributed by atoms with Crippen LogP contribution in [0.25, 0.3) is 0 Å². The van der Waals surface area contributed by atoms with Crippen molar-refractivity contribution in [1.82, 2.24) is 14.8 Å². The van der Waals surface area contributed by atoms with Gasteiger partial charge in [-0.1, -0.05) is 13.0 Å². The van der Waals surface area contributed by atoms with Crippen molar-refractivity contribution in [3.05, 3.63) is 59.9 Å². The normalized spacial score (nSPS) is 14.5. The van der Waals surface area contributed by atoms with Gasteiger partial charge in [0.15, 0.2) is 0 Å². The molecule has 0 aliphatic carbocycles. The van der Waals surface area contributed by atoms with Crippen molar-refractivity contribution in [2.24, 2.45) is 0 Å². The third-order valence-electron chi connectivity index (χ3n) is 4.64. The lowest BCUT2D eigenvalue weighted by Gasteiger charge is -2.34. The average Bonchev–Trinajstić information content (AvgIpc) is 2.72. The largest absolute Gasteiger partial charge is 0.494 e. The molecule has 1 amide bonds. The molecule has 0 unspecified atom stereocenters. The van der Waals surface area contributed by atoms with Crippen molar-refractivity contribution < 1.29 is 9.53 Å². The molecule has 146 valence electrons. The molecule has 2 heterocycles. The Labute approximate surface area is 167 Å². The molecule has 1 fully saturated rings. The highest BCUT2D eigenvalue weighted by Gasteiger charge is 2.22. The van der Waals surface area contributed by atoms with E-state index < -0.39 is 0 Å². The minimum Gasteiger partial charge on any atom is -0.494 e. The number of amides is 1. The van der Waals surface area contributed by atoms with E-state index in [2.05, 4.69) is 22.9 Å². The van der Waals surface area contributed by atoms with Crippen molar-refractivity contribution in [2.75, 3.05) is 39.3 Å². The average molecular weight is 390 g/mol. The van der Waals surface area contributed by atoms with Crippen LogP contribution in [0.3, 0.4) is 0 Å². The number of piperazine rings is 1. The summed E-state index contributed by atoms with van der Waals surface area (Å²) in [6.07, 6.45) is 3.77. The van der Waals surface area contributed by atoms with Crippen molar-refractivity contribution in [3.8, 4) is 5.75 Å². The smallest absolute Gasteiger partial charge is 0.253 e.